The van der Waals surface area contributed by atoms with Crippen molar-refractivity contribution in [2.45, 2.75) is 49.6 Å². The van der Waals surface area contributed by atoms with Crippen LogP contribution in [0.2, 0.25) is 0 Å². The molecule has 0 radical (unpaired) electrons. The summed E-state index contributed by atoms with van der Waals surface area (Å²) in [6, 6.07) is 18.4. The standard InChI is InChI=1S/C20H25NO2S/c1-16-7-11-20(12-8-16)24(22,23)14-13-18-9-10-19(21-18)15-17-5-3-2-4-6-17/h2-8,11-12,18-19,21H,9-10,13-15H2,1H3/t18?,19-/m1/s1. The van der Waals surface area contributed by atoms with Gasteiger partial charge in [0.2, 0.25) is 0 Å². The molecule has 1 heterocycles. The van der Waals surface area contributed by atoms with Crippen molar-refractivity contribution in [1.29, 1.82) is 0 Å². The zero-order chi connectivity index (χ0) is 17.0. The van der Waals surface area contributed by atoms with Crippen molar-refractivity contribution in [1.82, 2.24) is 5.32 Å². The maximum Gasteiger partial charge on any atom is 0.178 e. The lowest BCUT2D eigenvalue weighted by Gasteiger charge is -2.14. The average Bonchev–Trinajstić information content (AvgIpc) is 3.02. The van der Waals surface area contributed by atoms with E-state index in [1.165, 1.54) is 5.56 Å². The normalized spacial score (nSPS) is 21.0. The van der Waals surface area contributed by atoms with E-state index in [0.717, 1.165) is 24.8 Å². The van der Waals surface area contributed by atoms with Crippen LogP contribution >= 0.6 is 0 Å². The van der Waals surface area contributed by atoms with Crippen LogP contribution in [-0.4, -0.2) is 26.3 Å². The molecule has 3 nitrogen and oxygen atoms in total. The Balaban J connectivity index is 1.51. The van der Waals surface area contributed by atoms with Gasteiger partial charge in [0, 0.05) is 12.1 Å². The van der Waals surface area contributed by atoms with E-state index in [1.54, 1.807) is 12.1 Å². The van der Waals surface area contributed by atoms with Gasteiger partial charge in [-0.25, -0.2) is 8.42 Å². The minimum Gasteiger partial charge on any atom is -0.311 e. The number of sulfone groups is 1. The van der Waals surface area contributed by atoms with Crippen LogP contribution < -0.4 is 5.32 Å². The largest absolute Gasteiger partial charge is 0.311 e. The summed E-state index contributed by atoms with van der Waals surface area (Å²) in [4.78, 5) is 0.437. The highest BCUT2D eigenvalue weighted by Crippen LogP contribution is 2.21. The predicted molar refractivity (Wildman–Crippen MR) is 97.9 cm³/mol. The van der Waals surface area contributed by atoms with E-state index in [1.807, 2.05) is 25.1 Å². The first-order chi connectivity index (χ1) is 11.5. The molecule has 3 rings (SSSR count). The molecule has 1 saturated heterocycles. The third-order valence-corrected chi connectivity index (χ3v) is 6.54. The van der Waals surface area contributed by atoms with Crippen molar-refractivity contribution in [2.24, 2.45) is 0 Å². The van der Waals surface area contributed by atoms with E-state index in [-0.39, 0.29) is 5.75 Å². The molecular formula is C20H25NO2S. The van der Waals surface area contributed by atoms with Gasteiger partial charge >= 0.3 is 0 Å². The Morgan fingerprint density at radius 2 is 1.62 bits per heavy atom. The second-order valence-corrected chi connectivity index (χ2v) is 8.86. The Kier molecular flexibility index (Phi) is 5.36. The smallest absolute Gasteiger partial charge is 0.178 e. The fourth-order valence-corrected chi connectivity index (χ4v) is 4.73. The average molecular weight is 343 g/mol. The summed E-state index contributed by atoms with van der Waals surface area (Å²) in [5.41, 5.74) is 2.41. The van der Waals surface area contributed by atoms with E-state index < -0.39 is 9.84 Å². The zero-order valence-corrected chi connectivity index (χ0v) is 14.9. The predicted octanol–water partition coefficient (Wildman–Crippen LogP) is 3.52. The molecule has 128 valence electrons. The SMILES string of the molecule is Cc1ccc(S(=O)(=O)CCC2CC[C@H](Cc3ccccc3)N2)cc1. The van der Waals surface area contributed by atoms with Crippen molar-refractivity contribution in [2.75, 3.05) is 5.75 Å². The van der Waals surface area contributed by atoms with Gasteiger partial charge in [-0.2, -0.15) is 0 Å². The Morgan fingerprint density at radius 1 is 0.958 bits per heavy atom. The molecule has 1 aliphatic heterocycles. The molecule has 4 heteroatoms. The fourth-order valence-electron chi connectivity index (χ4n) is 3.35. The Bertz CT molecular complexity index is 754. The molecule has 24 heavy (non-hydrogen) atoms. The van der Waals surface area contributed by atoms with Gasteiger partial charge in [-0.15, -0.1) is 0 Å². The minimum atomic E-state index is -3.18. The quantitative estimate of drug-likeness (QED) is 0.873. The summed E-state index contributed by atoms with van der Waals surface area (Å²) < 4.78 is 24.9. The molecular weight excluding hydrogens is 318 g/mol. The Hall–Kier alpha value is -1.65. The van der Waals surface area contributed by atoms with E-state index in [2.05, 4.69) is 29.6 Å². The second kappa shape index (κ2) is 7.49. The molecule has 2 aromatic rings. The number of hydrogen-bond acceptors (Lipinski definition) is 3. The maximum absolute atomic E-state index is 12.4. The van der Waals surface area contributed by atoms with E-state index in [4.69, 9.17) is 0 Å². The van der Waals surface area contributed by atoms with Crippen LogP contribution in [0.1, 0.15) is 30.4 Å². The molecule has 0 aromatic heterocycles. The highest BCUT2D eigenvalue weighted by Gasteiger charge is 2.25. The van der Waals surface area contributed by atoms with Gasteiger partial charge < -0.3 is 5.32 Å². The van der Waals surface area contributed by atoms with Gasteiger partial charge in [0.15, 0.2) is 9.84 Å². The van der Waals surface area contributed by atoms with Gasteiger partial charge in [-0.05, 0) is 50.3 Å². The lowest BCUT2D eigenvalue weighted by molar-refractivity contribution is 0.519. The number of nitrogens with one attached hydrogen (secondary N) is 1. The summed E-state index contributed by atoms with van der Waals surface area (Å²) in [5, 5.41) is 3.61. The molecule has 2 aromatic carbocycles. The van der Waals surface area contributed by atoms with Crippen LogP contribution in [0.25, 0.3) is 0 Å². The minimum absolute atomic E-state index is 0.214. The van der Waals surface area contributed by atoms with Gasteiger partial charge in [-0.1, -0.05) is 48.0 Å². The third kappa shape index (κ3) is 4.46. The van der Waals surface area contributed by atoms with Crippen molar-refractivity contribution < 1.29 is 8.42 Å². The number of hydrogen-bond donors (Lipinski definition) is 1. The first-order valence-electron chi connectivity index (χ1n) is 8.62. The fraction of sp³-hybridized carbons (Fsp3) is 0.400. The van der Waals surface area contributed by atoms with Crippen molar-refractivity contribution in [3.05, 3.63) is 65.7 Å². The number of rotatable bonds is 6. The molecule has 0 aliphatic carbocycles. The monoisotopic (exact) mass is 343 g/mol. The van der Waals surface area contributed by atoms with Crippen LogP contribution in [0, 0.1) is 6.92 Å². The summed E-state index contributed by atoms with van der Waals surface area (Å²) in [7, 11) is -3.18. The van der Waals surface area contributed by atoms with Crippen molar-refractivity contribution >= 4 is 9.84 Å². The summed E-state index contributed by atoms with van der Waals surface area (Å²) in [6.45, 7) is 1.96. The maximum atomic E-state index is 12.4. The molecule has 2 atom stereocenters. The molecule has 0 amide bonds. The van der Waals surface area contributed by atoms with Crippen LogP contribution in [0.15, 0.2) is 59.5 Å². The summed E-state index contributed by atoms with van der Waals surface area (Å²) in [5.74, 6) is 0.214. The summed E-state index contributed by atoms with van der Waals surface area (Å²) >= 11 is 0. The van der Waals surface area contributed by atoms with E-state index in [0.29, 0.717) is 23.4 Å². The van der Waals surface area contributed by atoms with Gasteiger partial charge in [0.1, 0.15) is 0 Å². The van der Waals surface area contributed by atoms with Gasteiger partial charge in [-0.3, -0.25) is 0 Å². The molecule has 0 saturated carbocycles. The molecule has 0 spiro atoms. The highest BCUT2D eigenvalue weighted by atomic mass is 32.2. The van der Waals surface area contributed by atoms with E-state index >= 15 is 0 Å². The van der Waals surface area contributed by atoms with Crippen LogP contribution in [-0.2, 0) is 16.3 Å². The van der Waals surface area contributed by atoms with Gasteiger partial charge in [0.05, 0.1) is 10.6 Å². The Morgan fingerprint density at radius 3 is 2.33 bits per heavy atom. The lowest BCUT2D eigenvalue weighted by Crippen LogP contribution is -2.32. The molecule has 0 bridgehead atoms. The van der Waals surface area contributed by atoms with Crippen molar-refractivity contribution in [3.63, 3.8) is 0 Å². The number of benzene rings is 2. The van der Waals surface area contributed by atoms with Crippen LogP contribution in [0.3, 0.4) is 0 Å². The van der Waals surface area contributed by atoms with Crippen molar-refractivity contribution in [3.8, 4) is 0 Å². The molecule has 1 aliphatic rings. The molecule has 1 N–H and O–H groups in total. The first-order valence-corrected chi connectivity index (χ1v) is 10.3. The second-order valence-electron chi connectivity index (χ2n) is 6.75. The Labute approximate surface area is 145 Å². The molecule has 1 fully saturated rings. The number of aryl methyl sites for hydroxylation is 1. The topological polar surface area (TPSA) is 46.2 Å². The zero-order valence-electron chi connectivity index (χ0n) is 14.1. The van der Waals surface area contributed by atoms with Crippen LogP contribution in [0.5, 0.6) is 0 Å². The molecule has 1 unspecified atom stereocenters. The lowest BCUT2D eigenvalue weighted by atomic mass is 10.0. The van der Waals surface area contributed by atoms with Gasteiger partial charge in [0.25, 0.3) is 0 Å². The first kappa shape index (κ1) is 17.2. The van der Waals surface area contributed by atoms with Crippen LogP contribution in [0.4, 0.5) is 0 Å². The van der Waals surface area contributed by atoms with E-state index in [9.17, 15) is 8.42 Å². The third-order valence-electron chi connectivity index (χ3n) is 4.78. The summed E-state index contributed by atoms with van der Waals surface area (Å²) in [6.07, 6.45) is 3.87. The highest BCUT2D eigenvalue weighted by molar-refractivity contribution is 7.91.